The second-order valence-electron chi connectivity index (χ2n) is 4.01. The summed E-state index contributed by atoms with van der Waals surface area (Å²) in [6.45, 7) is 1.19. The lowest BCUT2D eigenvalue weighted by Crippen LogP contribution is -2.29. The molecule has 2 rings (SSSR count). The summed E-state index contributed by atoms with van der Waals surface area (Å²) < 4.78 is 0. The Hall–Kier alpha value is -1.09. The Morgan fingerprint density at radius 3 is 2.93 bits per heavy atom. The average molecular weight is 191 g/mol. The molecule has 2 N–H and O–H groups in total. The SMILES string of the molecule is CN1CCCC[C@H]1c1ccc(N)nc1. The number of nitrogens with zero attached hydrogens (tertiary/aromatic N) is 2. The number of likely N-dealkylation sites (tertiary alicyclic amines) is 1. The Balaban J connectivity index is 2.16. The smallest absolute Gasteiger partial charge is 0.123 e. The van der Waals surface area contributed by atoms with Crippen molar-refractivity contribution in [2.75, 3.05) is 19.3 Å². The zero-order valence-corrected chi connectivity index (χ0v) is 8.61. The van der Waals surface area contributed by atoms with Crippen LogP contribution in [0.25, 0.3) is 0 Å². The van der Waals surface area contributed by atoms with Crippen molar-refractivity contribution in [1.29, 1.82) is 0 Å². The molecule has 1 aliphatic heterocycles. The van der Waals surface area contributed by atoms with Gasteiger partial charge in [-0.15, -0.1) is 0 Å². The van der Waals surface area contributed by atoms with Crippen LogP contribution < -0.4 is 5.73 Å². The third-order valence-corrected chi connectivity index (χ3v) is 2.96. The van der Waals surface area contributed by atoms with Crippen LogP contribution in [0, 0.1) is 0 Å². The molecule has 1 aromatic heterocycles. The van der Waals surface area contributed by atoms with Gasteiger partial charge in [-0.3, -0.25) is 4.90 Å². The van der Waals surface area contributed by atoms with Gasteiger partial charge in [0.05, 0.1) is 0 Å². The van der Waals surface area contributed by atoms with Crippen molar-refractivity contribution in [1.82, 2.24) is 9.88 Å². The van der Waals surface area contributed by atoms with Crippen molar-refractivity contribution in [2.45, 2.75) is 25.3 Å². The molecule has 1 aliphatic rings. The van der Waals surface area contributed by atoms with Crippen molar-refractivity contribution >= 4 is 5.82 Å². The van der Waals surface area contributed by atoms with Crippen molar-refractivity contribution < 1.29 is 0 Å². The molecule has 76 valence electrons. The number of anilines is 1. The standard InChI is InChI=1S/C11H17N3/c1-14-7-3-2-4-10(14)9-5-6-11(12)13-8-9/h5-6,8,10H,2-4,7H2,1H3,(H2,12,13)/t10-/m0/s1. The normalized spacial score (nSPS) is 23.6. The largest absolute Gasteiger partial charge is 0.384 e. The molecule has 2 heterocycles. The highest BCUT2D eigenvalue weighted by atomic mass is 15.1. The molecule has 0 bridgehead atoms. The lowest BCUT2D eigenvalue weighted by atomic mass is 9.97. The van der Waals surface area contributed by atoms with Gasteiger partial charge in [0.25, 0.3) is 0 Å². The Labute approximate surface area is 84.9 Å². The van der Waals surface area contributed by atoms with Crippen LogP contribution in [-0.4, -0.2) is 23.5 Å². The fourth-order valence-electron chi connectivity index (χ4n) is 2.11. The van der Waals surface area contributed by atoms with Crippen LogP contribution in [-0.2, 0) is 0 Å². The number of aromatic nitrogens is 1. The summed E-state index contributed by atoms with van der Waals surface area (Å²) >= 11 is 0. The van der Waals surface area contributed by atoms with E-state index in [9.17, 15) is 0 Å². The molecule has 0 aliphatic carbocycles. The van der Waals surface area contributed by atoms with Crippen LogP contribution in [0.3, 0.4) is 0 Å². The highest BCUT2D eigenvalue weighted by Gasteiger charge is 2.20. The van der Waals surface area contributed by atoms with Gasteiger partial charge < -0.3 is 5.73 Å². The first-order valence-electron chi connectivity index (χ1n) is 5.19. The van der Waals surface area contributed by atoms with Gasteiger partial charge in [0.2, 0.25) is 0 Å². The van der Waals surface area contributed by atoms with Crippen LogP contribution in [0.1, 0.15) is 30.9 Å². The number of nitrogen functional groups attached to an aromatic ring is 1. The molecule has 0 unspecified atom stereocenters. The maximum atomic E-state index is 5.57. The van der Waals surface area contributed by atoms with E-state index in [-0.39, 0.29) is 0 Å². The van der Waals surface area contributed by atoms with Crippen molar-refractivity contribution in [3.8, 4) is 0 Å². The van der Waals surface area contributed by atoms with E-state index in [2.05, 4.69) is 23.0 Å². The fourth-order valence-corrected chi connectivity index (χ4v) is 2.11. The molecule has 0 amide bonds. The zero-order chi connectivity index (χ0) is 9.97. The summed E-state index contributed by atoms with van der Waals surface area (Å²) in [6.07, 6.45) is 5.78. The molecule has 1 atom stereocenters. The van der Waals surface area contributed by atoms with Crippen LogP contribution in [0.2, 0.25) is 0 Å². The fraction of sp³-hybridized carbons (Fsp3) is 0.545. The Kier molecular flexibility index (Phi) is 2.68. The summed E-state index contributed by atoms with van der Waals surface area (Å²) in [7, 11) is 2.18. The van der Waals surface area contributed by atoms with E-state index in [0.29, 0.717) is 11.9 Å². The monoisotopic (exact) mass is 191 g/mol. The first kappa shape index (κ1) is 9.46. The predicted octanol–water partition coefficient (Wildman–Crippen LogP) is 1.82. The van der Waals surface area contributed by atoms with Gasteiger partial charge in [0, 0.05) is 12.2 Å². The van der Waals surface area contributed by atoms with Crippen LogP contribution in [0.15, 0.2) is 18.3 Å². The van der Waals surface area contributed by atoms with Crippen molar-refractivity contribution in [3.05, 3.63) is 23.9 Å². The average Bonchev–Trinajstić information content (AvgIpc) is 2.20. The molecule has 3 nitrogen and oxygen atoms in total. The van der Waals surface area contributed by atoms with Gasteiger partial charge in [-0.1, -0.05) is 12.5 Å². The molecular formula is C11H17N3. The highest BCUT2D eigenvalue weighted by molar-refractivity contribution is 5.30. The number of piperidine rings is 1. The molecule has 0 spiro atoms. The first-order chi connectivity index (χ1) is 6.77. The second-order valence-corrected chi connectivity index (χ2v) is 4.01. The minimum absolute atomic E-state index is 0.539. The Morgan fingerprint density at radius 1 is 1.43 bits per heavy atom. The number of hydrogen-bond acceptors (Lipinski definition) is 3. The molecule has 1 saturated heterocycles. The van der Waals surface area contributed by atoms with E-state index in [1.165, 1.54) is 31.4 Å². The lowest BCUT2D eigenvalue weighted by Gasteiger charge is -2.32. The van der Waals surface area contributed by atoms with E-state index >= 15 is 0 Å². The Bertz CT molecular complexity index is 294. The molecule has 1 fully saturated rings. The quantitative estimate of drug-likeness (QED) is 0.736. The van der Waals surface area contributed by atoms with E-state index in [0.717, 1.165) is 0 Å². The third kappa shape index (κ3) is 1.87. The van der Waals surface area contributed by atoms with Crippen molar-refractivity contribution in [2.24, 2.45) is 0 Å². The van der Waals surface area contributed by atoms with Gasteiger partial charge in [-0.25, -0.2) is 4.98 Å². The molecular weight excluding hydrogens is 174 g/mol. The summed E-state index contributed by atoms with van der Waals surface area (Å²) in [5.74, 6) is 0.604. The number of hydrogen-bond donors (Lipinski definition) is 1. The van der Waals surface area contributed by atoms with E-state index in [1.54, 1.807) is 0 Å². The topological polar surface area (TPSA) is 42.1 Å². The Morgan fingerprint density at radius 2 is 2.29 bits per heavy atom. The van der Waals surface area contributed by atoms with Crippen LogP contribution in [0.4, 0.5) is 5.82 Å². The minimum atomic E-state index is 0.539. The molecule has 0 saturated carbocycles. The summed E-state index contributed by atoms with van der Waals surface area (Å²) in [5.41, 5.74) is 6.86. The predicted molar refractivity (Wildman–Crippen MR) is 57.9 cm³/mol. The molecule has 3 heteroatoms. The van der Waals surface area contributed by atoms with E-state index in [1.807, 2.05) is 12.3 Å². The number of pyridine rings is 1. The summed E-state index contributed by atoms with van der Waals surface area (Å²) in [4.78, 5) is 6.54. The summed E-state index contributed by atoms with van der Waals surface area (Å²) in [5, 5.41) is 0. The first-order valence-corrected chi connectivity index (χ1v) is 5.19. The number of nitrogens with two attached hydrogens (primary N) is 1. The van der Waals surface area contributed by atoms with E-state index in [4.69, 9.17) is 5.73 Å². The van der Waals surface area contributed by atoms with Crippen molar-refractivity contribution in [3.63, 3.8) is 0 Å². The molecule has 0 radical (unpaired) electrons. The zero-order valence-electron chi connectivity index (χ0n) is 8.61. The minimum Gasteiger partial charge on any atom is -0.384 e. The van der Waals surface area contributed by atoms with Gasteiger partial charge >= 0.3 is 0 Å². The van der Waals surface area contributed by atoms with E-state index < -0.39 is 0 Å². The van der Waals surface area contributed by atoms with Crippen LogP contribution in [0.5, 0.6) is 0 Å². The van der Waals surface area contributed by atoms with Crippen LogP contribution >= 0.6 is 0 Å². The summed E-state index contributed by atoms with van der Waals surface area (Å²) in [6, 6.07) is 4.52. The van der Waals surface area contributed by atoms with Gasteiger partial charge in [0.15, 0.2) is 0 Å². The number of rotatable bonds is 1. The maximum Gasteiger partial charge on any atom is 0.123 e. The highest BCUT2D eigenvalue weighted by Crippen LogP contribution is 2.28. The maximum absolute atomic E-state index is 5.57. The lowest BCUT2D eigenvalue weighted by molar-refractivity contribution is 0.187. The van der Waals surface area contributed by atoms with Gasteiger partial charge in [0.1, 0.15) is 5.82 Å². The molecule has 0 aromatic carbocycles. The second kappa shape index (κ2) is 3.96. The molecule has 1 aromatic rings. The van der Waals surface area contributed by atoms with Gasteiger partial charge in [-0.05, 0) is 38.1 Å². The molecule has 14 heavy (non-hydrogen) atoms. The third-order valence-electron chi connectivity index (χ3n) is 2.96. The van der Waals surface area contributed by atoms with Gasteiger partial charge in [-0.2, -0.15) is 0 Å².